The highest BCUT2D eigenvalue weighted by Crippen LogP contribution is 2.38. The Balaban J connectivity index is 1.49. The smallest absolute Gasteiger partial charge is 0.271 e. The summed E-state index contributed by atoms with van der Waals surface area (Å²) in [4.78, 5) is 20.6. The molecular formula is C29H20BrClN2O2S. The van der Waals surface area contributed by atoms with Crippen LogP contribution in [0.25, 0.3) is 6.08 Å². The van der Waals surface area contributed by atoms with Crippen LogP contribution in [-0.4, -0.2) is 11.1 Å². The number of ether oxygens (including phenoxy) is 1. The second-order valence-electron chi connectivity index (χ2n) is 7.91. The second-order valence-corrected chi connectivity index (χ2v) is 10.3. The number of thioether (sulfide) groups is 1. The number of para-hydroxylation sites is 2. The first-order valence-electron chi connectivity index (χ1n) is 11.2. The van der Waals surface area contributed by atoms with Gasteiger partial charge in [-0.3, -0.25) is 9.69 Å². The Morgan fingerprint density at radius 2 is 1.61 bits per heavy atom. The summed E-state index contributed by atoms with van der Waals surface area (Å²) >= 11 is 10.9. The van der Waals surface area contributed by atoms with Gasteiger partial charge in [0.05, 0.1) is 16.3 Å². The molecule has 0 bridgehead atoms. The maximum Gasteiger partial charge on any atom is 0.271 e. The van der Waals surface area contributed by atoms with Crippen LogP contribution in [0.5, 0.6) is 5.75 Å². The fraction of sp³-hybridized carbons (Fsp3) is 0.0345. The molecule has 0 aromatic heterocycles. The Bertz CT molecular complexity index is 1440. The minimum absolute atomic E-state index is 0.135. The van der Waals surface area contributed by atoms with E-state index in [-0.39, 0.29) is 5.91 Å². The third-order valence-electron chi connectivity index (χ3n) is 5.37. The van der Waals surface area contributed by atoms with E-state index in [2.05, 4.69) is 15.9 Å². The Kier molecular flexibility index (Phi) is 7.56. The third-order valence-corrected chi connectivity index (χ3v) is 7.08. The Morgan fingerprint density at radius 1 is 0.917 bits per heavy atom. The van der Waals surface area contributed by atoms with Gasteiger partial charge in [0, 0.05) is 15.1 Å². The summed E-state index contributed by atoms with van der Waals surface area (Å²) in [6.07, 6.45) is 1.86. The highest BCUT2D eigenvalue weighted by atomic mass is 79.9. The van der Waals surface area contributed by atoms with Crippen LogP contribution in [0, 0.1) is 0 Å². The molecule has 0 atom stereocenters. The first-order valence-corrected chi connectivity index (χ1v) is 13.2. The molecule has 4 nitrogen and oxygen atoms in total. The normalized spacial score (nSPS) is 15.6. The minimum Gasteiger partial charge on any atom is -0.488 e. The Hall–Kier alpha value is -3.32. The molecule has 7 heteroatoms. The summed E-state index contributed by atoms with van der Waals surface area (Å²) in [5.74, 6) is 0.540. The van der Waals surface area contributed by atoms with Crippen molar-refractivity contribution in [2.24, 2.45) is 4.99 Å². The number of hydrogen-bond donors (Lipinski definition) is 0. The number of amides is 1. The monoisotopic (exact) mass is 574 g/mol. The zero-order valence-corrected chi connectivity index (χ0v) is 22.1. The molecule has 1 saturated heterocycles. The van der Waals surface area contributed by atoms with E-state index in [1.54, 1.807) is 4.90 Å². The van der Waals surface area contributed by atoms with E-state index in [0.717, 1.165) is 27.0 Å². The molecule has 0 aliphatic carbocycles. The molecule has 4 aromatic carbocycles. The van der Waals surface area contributed by atoms with Gasteiger partial charge in [-0.25, -0.2) is 4.99 Å². The van der Waals surface area contributed by atoms with Gasteiger partial charge in [-0.2, -0.15) is 0 Å². The predicted molar refractivity (Wildman–Crippen MR) is 153 cm³/mol. The van der Waals surface area contributed by atoms with E-state index in [1.165, 1.54) is 11.8 Å². The quantitative estimate of drug-likeness (QED) is 0.217. The van der Waals surface area contributed by atoms with Gasteiger partial charge in [-0.15, -0.1) is 0 Å². The minimum atomic E-state index is -0.135. The molecule has 0 saturated carbocycles. The molecule has 5 rings (SSSR count). The zero-order valence-electron chi connectivity index (χ0n) is 19.0. The number of nitrogens with zero attached hydrogens (tertiary/aromatic N) is 2. The van der Waals surface area contributed by atoms with Gasteiger partial charge in [0.1, 0.15) is 12.4 Å². The molecule has 0 unspecified atom stereocenters. The van der Waals surface area contributed by atoms with Crippen molar-refractivity contribution < 1.29 is 9.53 Å². The van der Waals surface area contributed by atoms with Crippen LogP contribution >= 0.6 is 39.3 Å². The van der Waals surface area contributed by atoms with Crippen molar-refractivity contribution in [3.63, 3.8) is 0 Å². The second kappa shape index (κ2) is 11.2. The van der Waals surface area contributed by atoms with Crippen LogP contribution < -0.4 is 9.64 Å². The first kappa shape index (κ1) is 24.4. The third kappa shape index (κ3) is 5.73. The summed E-state index contributed by atoms with van der Waals surface area (Å²) in [6.45, 7) is 0.382. The maximum absolute atomic E-state index is 13.6. The predicted octanol–water partition coefficient (Wildman–Crippen LogP) is 8.49. The molecule has 36 heavy (non-hydrogen) atoms. The summed E-state index contributed by atoms with van der Waals surface area (Å²) in [5.41, 5.74) is 3.34. The largest absolute Gasteiger partial charge is 0.488 e. The average molecular weight is 576 g/mol. The Morgan fingerprint density at radius 3 is 2.33 bits per heavy atom. The van der Waals surface area contributed by atoms with Gasteiger partial charge in [0.25, 0.3) is 5.91 Å². The number of amidine groups is 1. The van der Waals surface area contributed by atoms with Crippen LogP contribution in [-0.2, 0) is 11.4 Å². The summed E-state index contributed by atoms with van der Waals surface area (Å²) < 4.78 is 7.02. The van der Waals surface area contributed by atoms with Gasteiger partial charge < -0.3 is 4.74 Å². The number of anilines is 1. The summed E-state index contributed by atoms with van der Waals surface area (Å²) in [6, 6.07) is 32.5. The van der Waals surface area contributed by atoms with Crippen molar-refractivity contribution in [1.29, 1.82) is 0 Å². The molecule has 1 heterocycles. The summed E-state index contributed by atoms with van der Waals surface area (Å²) in [5, 5.41) is 1.28. The number of hydrogen-bond acceptors (Lipinski definition) is 4. The van der Waals surface area contributed by atoms with E-state index < -0.39 is 0 Å². The van der Waals surface area contributed by atoms with E-state index in [9.17, 15) is 4.79 Å². The topological polar surface area (TPSA) is 41.9 Å². The SMILES string of the molecule is O=C1/C(=C\c2cc(Br)ccc2OCc2ccc(Cl)cc2)SC(=Nc2ccccc2)N1c1ccccc1. The van der Waals surface area contributed by atoms with Crippen LogP contribution in [0.4, 0.5) is 11.4 Å². The molecule has 4 aromatic rings. The van der Waals surface area contributed by atoms with Crippen LogP contribution in [0.2, 0.25) is 5.02 Å². The van der Waals surface area contributed by atoms with Gasteiger partial charge in [0.2, 0.25) is 0 Å². The molecule has 1 aliphatic heterocycles. The molecule has 1 fully saturated rings. The number of benzene rings is 4. The Labute approximate surface area is 227 Å². The number of rotatable bonds is 6. The maximum atomic E-state index is 13.6. The van der Waals surface area contributed by atoms with E-state index in [1.807, 2.05) is 109 Å². The number of halogens is 2. The van der Waals surface area contributed by atoms with Gasteiger partial charge in [-0.05, 0) is 78.0 Å². The van der Waals surface area contributed by atoms with Gasteiger partial charge >= 0.3 is 0 Å². The van der Waals surface area contributed by atoms with E-state index in [4.69, 9.17) is 21.3 Å². The lowest BCUT2D eigenvalue weighted by atomic mass is 10.1. The molecule has 1 aliphatic rings. The van der Waals surface area contributed by atoms with E-state index >= 15 is 0 Å². The van der Waals surface area contributed by atoms with E-state index in [0.29, 0.717) is 27.5 Å². The molecule has 1 amide bonds. The van der Waals surface area contributed by atoms with Crippen LogP contribution in [0.3, 0.4) is 0 Å². The van der Waals surface area contributed by atoms with Crippen LogP contribution in [0.15, 0.2) is 117 Å². The molecule has 0 spiro atoms. The van der Waals surface area contributed by atoms with Crippen molar-refractivity contribution in [2.45, 2.75) is 6.61 Å². The van der Waals surface area contributed by atoms with Crippen molar-refractivity contribution >= 4 is 67.8 Å². The molecule has 178 valence electrons. The number of carbonyl (C=O) groups excluding carboxylic acids is 1. The molecule has 0 radical (unpaired) electrons. The van der Waals surface area contributed by atoms with Crippen molar-refractivity contribution in [1.82, 2.24) is 0 Å². The summed E-state index contributed by atoms with van der Waals surface area (Å²) in [7, 11) is 0. The first-order chi connectivity index (χ1) is 17.6. The fourth-order valence-electron chi connectivity index (χ4n) is 3.61. The highest BCUT2D eigenvalue weighted by Gasteiger charge is 2.35. The van der Waals surface area contributed by atoms with Crippen molar-refractivity contribution in [2.75, 3.05) is 4.90 Å². The zero-order chi connectivity index (χ0) is 24.9. The van der Waals surface area contributed by atoms with Gasteiger partial charge in [-0.1, -0.05) is 76.1 Å². The van der Waals surface area contributed by atoms with Crippen molar-refractivity contribution in [3.05, 3.63) is 129 Å². The number of carbonyl (C=O) groups is 1. The average Bonchev–Trinajstić information content (AvgIpc) is 3.19. The van der Waals surface area contributed by atoms with Gasteiger partial charge in [0.15, 0.2) is 5.17 Å². The highest BCUT2D eigenvalue weighted by molar-refractivity contribution is 9.10. The molecular weight excluding hydrogens is 556 g/mol. The number of aliphatic imine (C=N–C) groups is 1. The standard InChI is InChI=1S/C29H20BrClN2O2S/c30-22-13-16-26(35-19-20-11-14-23(31)15-12-20)21(17-22)18-27-28(34)33(25-9-5-2-6-10-25)29(36-27)32-24-7-3-1-4-8-24/h1-18H,19H2/b27-18+,32-29?. The lowest BCUT2D eigenvalue weighted by molar-refractivity contribution is -0.113. The van der Waals surface area contributed by atoms with Crippen LogP contribution in [0.1, 0.15) is 11.1 Å². The lowest BCUT2D eigenvalue weighted by Crippen LogP contribution is -2.28. The fourth-order valence-corrected chi connectivity index (χ4v) is 5.11. The van der Waals surface area contributed by atoms with Crippen molar-refractivity contribution in [3.8, 4) is 5.75 Å². The lowest BCUT2D eigenvalue weighted by Gasteiger charge is -2.15. The molecule has 0 N–H and O–H groups in total.